The summed E-state index contributed by atoms with van der Waals surface area (Å²) in [5.41, 5.74) is 0.782. The highest BCUT2D eigenvalue weighted by atomic mass is 127. The predicted octanol–water partition coefficient (Wildman–Crippen LogP) is 4.11. The molecule has 3 nitrogen and oxygen atoms in total. The van der Waals surface area contributed by atoms with Crippen molar-refractivity contribution in [3.63, 3.8) is 0 Å². The molecule has 1 aromatic carbocycles. The molecule has 0 atom stereocenters. The zero-order chi connectivity index (χ0) is 13.0. The van der Waals surface area contributed by atoms with Gasteiger partial charge in [0.1, 0.15) is 5.76 Å². The molecule has 0 unspecified atom stereocenters. The average Bonchev–Trinajstić information content (AvgIpc) is 2.83. The molecule has 18 heavy (non-hydrogen) atoms. The molecule has 0 aliphatic carbocycles. The number of furan rings is 1. The highest BCUT2D eigenvalue weighted by Crippen LogP contribution is 2.22. The Kier molecular flexibility index (Phi) is 4.66. The number of halogens is 2. The van der Waals surface area contributed by atoms with Crippen molar-refractivity contribution in [2.24, 2.45) is 0 Å². The molecule has 0 fully saturated rings. The van der Waals surface area contributed by atoms with E-state index in [2.05, 4.69) is 27.9 Å². The van der Waals surface area contributed by atoms with Gasteiger partial charge in [-0.05, 0) is 52.9 Å². The normalized spacial score (nSPS) is 10.3. The molecule has 1 heterocycles. The van der Waals surface area contributed by atoms with Crippen molar-refractivity contribution in [3.8, 4) is 0 Å². The van der Waals surface area contributed by atoms with Gasteiger partial charge in [-0.3, -0.25) is 4.79 Å². The van der Waals surface area contributed by atoms with Gasteiger partial charge in [0, 0.05) is 21.4 Å². The number of aryl methyl sites for hydroxylation is 1. The quantitative estimate of drug-likeness (QED) is 0.817. The van der Waals surface area contributed by atoms with Crippen molar-refractivity contribution in [2.45, 2.75) is 12.8 Å². The van der Waals surface area contributed by atoms with E-state index in [0.717, 1.165) is 15.0 Å². The Morgan fingerprint density at radius 1 is 1.39 bits per heavy atom. The van der Waals surface area contributed by atoms with Gasteiger partial charge in [0.2, 0.25) is 5.91 Å². The zero-order valence-electron chi connectivity index (χ0n) is 9.45. The second kappa shape index (κ2) is 6.24. The minimum absolute atomic E-state index is 0.0355. The Morgan fingerprint density at radius 2 is 2.22 bits per heavy atom. The maximum Gasteiger partial charge on any atom is 0.224 e. The van der Waals surface area contributed by atoms with E-state index < -0.39 is 0 Å². The third-order valence-electron chi connectivity index (χ3n) is 2.38. The molecule has 2 aromatic rings. The number of nitrogens with one attached hydrogen (secondary N) is 1. The van der Waals surface area contributed by atoms with Crippen molar-refractivity contribution < 1.29 is 9.21 Å². The van der Waals surface area contributed by atoms with E-state index in [-0.39, 0.29) is 5.91 Å². The Labute approximate surface area is 124 Å². The number of anilines is 1. The van der Waals surface area contributed by atoms with Gasteiger partial charge in [0.25, 0.3) is 0 Å². The van der Waals surface area contributed by atoms with Crippen LogP contribution in [0.5, 0.6) is 0 Å². The van der Waals surface area contributed by atoms with Crippen LogP contribution in [0.4, 0.5) is 5.69 Å². The lowest BCUT2D eigenvalue weighted by atomic mass is 10.2. The van der Waals surface area contributed by atoms with Crippen molar-refractivity contribution in [3.05, 3.63) is 50.9 Å². The van der Waals surface area contributed by atoms with E-state index in [0.29, 0.717) is 17.9 Å². The number of carbonyl (C=O) groups is 1. The molecule has 2 rings (SSSR count). The van der Waals surface area contributed by atoms with Crippen molar-refractivity contribution in [1.29, 1.82) is 0 Å². The largest absolute Gasteiger partial charge is 0.469 e. The molecule has 0 aliphatic rings. The third kappa shape index (κ3) is 3.74. The first-order valence-electron chi connectivity index (χ1n) is 5.42. The van der Waals surface area contributed by atoms with Crippen LogP contribution >= 0.6 is 34.2 Å². The van der Waals surface area contributed by atoms with Gasteiger partial charge in [-0.1, -0.05) is 11.6 Å². The van der Waals surface area contributed by atoms with E-state index in [1.165, 1.54) is 0 Å². The number of amides is 1. The molecule has 1 amide bonds. The van der Waals surface area contributed by atoms with E-state index in [9.17, 15) is 4.79 Å². The predicted molar refractivity (Wildman–Crippen MR) is 79.8 cm³/mol. The number of rotatable bonds is 4. The molecule has 94 valence electrons. The summed E-state index contributed by atoms with van der Waals surface area (Å²) in [7, 11) is 0. The van der Waals surface area contributed by atoms with Gasteiger partial charge in [0.05, 0.1) is 12.0 Å². The zero-order valence-corrected chi connectivity index (χ0v) is 12.4. The van der Waals surface area contributed by atoms with Gasteiger partial charge in [-0.15, -0.1) is 0 Å². The van der Waals surface area contributed by atoms with Crippen molar-refractivity contribution in [2.75, 3.05) is 5.32 Å². The summed E-state index contributed by atoms with van der Waals surface area (Å²) in [5, 5.41) is 3.51. The fourth-order valence-corrected chi connectivity index (χ4v) is 2.50. The summed E-state index contributed by atoms with van der Waals surface area (Å²) in [6.07, 6.45) is 2.60. The second-order valence-electron chi connectivity index (χ2n) is 3.75. The highest BCUT2D eigenvalue weighted by Gasteiger charge is 2.07. The summed E-state index contributed by atoms with van der Waals surface area (Å²) >= 11 is 7.99. The molecule has 0 aliphatic heterocycles. The first-order valence-corrected chi connectivity index (χ1v) is 6.88. The number of hydrogen-bond acceptors (Lipinski definition) is 2. The monoisotopic (exact) mass is 375 g/mol. The third-order valence-corrected chi connectivity index (χ3v) is 3.51. The standard InChI is InChI=1S/C13H11ClINO2/c14-9-3-5-12(11(15)8-9)16-13(17)6-4-10-2-1-7-18-10/h1-3,5,7-8H,4,6H2,(H,16,17). The maximum atomic E-state index is 11.8. The molecular weight excluding hydrogens is 365 g/mol. The van der Waals surface area contributed by atoms with Gasteiger partial charge in [-0.25, -0.2) is 0 Å². The van der Waals surface area contributed by atoms with Crippen LogP contribution in [0.3, 0.4) is 0 Å². The van der Waals surface area contributed by atoms with Crippen molar-refractivity contribution >= 4 is 45.8 Å². The topological polar surface area (TPSA) is 42.2 Å². The lowest BCUT2D eigenvalue weighted by molar-refractivity contribution is -0.116. The molecule has 1 N–H and O–H groups in total. The molecule has 0 bridgehead atoms. The summed E-state index contributed by atoms with van der Waals surface area (Å²) < 4.78 is 6.10. The van der Waals surface area contributed by atoms with Crippen LogP contribution in [0, 0.1) is 3.57 Å². The highest BCUT2D eigenvalue weighted by molar-refractivity contribution is 14.1. The first kappa shape index (κ1) is 13.4. The van der Waals surface area contributed by atoms with Crippen LogP contribution in [0.25, 0.3) is 0 Å². The Hall–Kier alpha value is -1.01. The molecule has 1 aromatic heterocycles. The van der Waals surface area contributed by atoms with Crippen molar-refractivity contribution in [1.82, 2.24) is 0 Å². The van der Waals surface area contributed by atoms with Gasteiger partial charge < -0.3 is 9.73 Å². The van der Waals surface area contributed by atoms with Gasteiger partial charge in [0.15, 0.2) is 0 Å². The number of hydrogen-bond donors (Lipinski definition) is 1. The van der Waals surface area contributed by atoms with Gasteiger partial charge >= 0.3 is 0 Å². The second-order valence-corrected chi connectivity index (χ2v) is 5.35. The lowest BCUT2D eigenvalue weighted by Crippen LogP contribution is -2.13. The van der Waals surface area contributed by atoms with Crippen LogP contribution in [0.2, 0.25) is 5.02 Å². The summed E-state index contributed by atoms with van der Waals surface area (Å²) in [6.45, 7) is 0. The fourth-order valence-electron chi connectivity index (χ4n) is 1.50. The minimum atomic E-state index is -0.0355. The van der Waals surface area contributed by atoms with Crippen LogP contribution in [0.15, 0.2) is 41.0 Å². The molecule has 0 saturated carbocycles. The summed E-state index contributed by atoms with van der Waals surface area (Å²) in [4.78, 5) is 11.8. The Balaban J connectivity index is 1.91. The SMILES string of the molecule is O=C(CCc1ccco1)Nc1ccc(Cl)cc1I. The van der Waals surface area contributed by atoms with E-state index >= 15 is 0 Å². The summed E-state index contributed by atoms with van der Waals surface area (Å²) in [6, 6.07) is 9.04. The molecule has 0 spiro atoms. The fraction of sp³-hybridized carbons (Fsp3) is 0.154. The maximum absolute atomic E-state index is 11.8. The average molecular weight is 376 g/mol. The van der Waals surface area contributed by atoms with Gasteiger partial charge in [-0.2, -0.15) is 0 Å². The van der Waals surface area contributed by atoms with Crippen LogP contribution in [-0.4, -0.2) is 5.91 Å². The Bertz CT molecular complexity index is 540. The van der Waals surface area contributed by atoms with Crippen LogP contribution < -0.4 is 5.32 Å². The van der Waals surface area contributed by atoms with E-state index in [1.807, 2.05) is 18.2 Å². The van der Waals surface area contributed by atoms with Crippen LogP contribution in [0.1, 0.15) is 12.2 Å². The molecule has 5 heteroatoms. The molecule has 0 saturated heterocycles. The molecular formula is C13H11ClINO2. The number of benzene rings is 1. The minimum Gasteiger partial charge on any atom is -0.469 e. The smallest absolute Gasteiger partial charge is 0.224 e. The lowest BCUT2D eigenvalue weighted by Gasteiger charge is -2.07. The van der Waals surface area contributed by atoms with E-state index in [4.69, 9.17) is 16.0 Å². The van der Waals surface area contributed by atoms with Crippen LogP contribution in [-0.2, 0) is 11.2 Å². The Morgan fingerprint density at radius 3 is 2.89 bits per heavy atom. The van der Waals surface area contributed by atoms with E-state index in [1.54, 1.807) is 18.4 Å². The summed E-state index contributed by atoms with van der Waals surface area (Å²) in [5.74, 6) is 0.780. The first-order chi connectivity index (χ1) is 8.65. The molecule has 0 radical (unpaired) electrons. The number of carbonyl (C=O) groups excluding carboxylic acids is 1.